The fraction of sp³-hybridized carbons (Fsp3) is 0.500. The molecule has 0 spiro atoms. The molecule has 1 aromatic rings. The fourth-order valence-corrected chi connectivity index (χ4v) is 1.56. The molecule has 0 fully saturated rings. The summed E-state index contributed by atoms with van der Waals surface area (Å²) in [5.74, 6) is -0.712. The third-order valence-corrected chi connectivity index (χ3v) is 2.81. The van der Waals surface area contributed by atoms with E-state index in [2.05, 4.69) is 5.10 Å². The lowest BCUT2D eigenvalue weighted by molar-refractivity contribution is -0.201. The Labute approximate surface area is 114 Å². The second-order valence-corrected chi connectivity index (χ2v) is 4.34. The predicted octanol–water partition coefficient (Wildman–Crippen LogP) is 1.09. The molecule has 2 N–H and O–H groups in total. The molecule has 1 amide bonds. The van der Waals surface area contributed by atoms with Crippen molar-refractivity contribution in [2.45, 2.75) is 26.1 Å². The number of aliphatic hydroxyl groups excluding tert-OH is 1. The number of nitrogens with zero attached hydrogens (tertiary/aromatic N) is 2. The molecule has 8 heteroatoms. The van der Waals surface area contributed by atoms with Gasteiger partial charge in [-0.15, -0.1) is 0 Å². The van der Waals surface area contributed by atoms with Crippen LogP contribution in [0, 0.1) is 13.8 Å². The van der Waals surface area contributed by atoms with E-state index in [4.69, 9.17) is 5.11 Å². The molecule has 1 atom stereocenters. The van der Waals surface area contributed by atoms with Gasteiger partial charge >= 0.3 is 6.18 Å². The average molecular weight is 291 g/mol. The van der Waals surface area contributed by atoms with Gasteiger partial charge in [0, 0.05) is 24.4 Å². The molecule has 0 aromatic carbocycles. The summed E-state index contributed by atoms with van der Waals surface area (Å²) in [6.07, 6.45) is -4.72. The minimum absolute atomic E-state index is 0.712. The number of nitrogens with one attached hydrogen (secondary N) is 1. The molecule has 1 rings (SSSR count). The highest BCUT2D eigenvalue weighted by atomic mass is 19.4. The van der Waals surface area contributed by atoms with E-state index in [9.17, 15) is 18.0 Å². The molecule has 112 valence electrons. The van der Waals surface area contributed by atoms with Gasteiger partial charge in [0.05, 0.1) is 12.2 Å². The summed E-state index contributed by atoms with van der Waals surface area (Å²) in [5.41, 5.74) is 2.28. The third kappa shape index (κ3) is 4.09. The molecule has 0 saturated heterocycles. The molecular formula is C12H16F3N3O2. The van der Waals surface area contributed by atoms with Crippen LogP contribution in [-0.4, -0.2) is 39.6 Å². The smallest absolute Gasteiger partial charge is 0.382 e. The number of hydrogen-bond donors (Lipinski definition) is 2. The highest BCUT2D eigenvalue weighted by Crippen LogP contribution is 2.19. The van der Waals surface area contributed by atoms with Crippen LogP contribution in [0.4, 0.5) is 13.2 Å². The van der Waals surface area contributed by atoms with E-state index in [0.29, 0.717) is 5.69 Å². The molecule has 0 radical (unpaired) electrons. The maximum absolute atomic E-state index is 12.0. The summed E-state index contributed by atoms with van der Waals surface area (Å²) in [6, 6.07) is 0. The monoisotopic (exact) mass is 291 g/mol. The van der Waals surface area contributed by atoms with Gasteiger partial charge in [-0.2, -0.15) is 18.3 Å². The molecular weight excluding hydrogens is 275 g/mol. The number of rotatable bonds is 4. The van der Waals surface area contributed by atoms with Crippen molar-refractivity contribution in [2.24, 2.45) is 7.05 Å². The van der Waals surface area contributed by atoms with Gasteiger partial charge in [0.2, 0.25) is 5.91 Å². The molecule has 1 aromatic heterocycles. The average Bonchev–Trinajstić information content (AvgIpc) is 2.57. The summed E-state index contributed by atoms with van der Waals surface area (Å²) >= 11 is 0. The molecule has 0 aliphatic heterocycles. The van der Waals surface area contributed by atoms with E-state index < -0.39 is 24.7 Å². The molecule has 5 nitrogen and oxygen atoms in total. The highest BCUT2D eigenvalue weighted by Gasteiger charge is 2.38. The lowest BCUT2D eigenvalue weighted by Gasteiger charge is -2.14. The van der Waals surface area contributed by atoms with Crippen molar-refractivity contribution in [3.05, 3.63) is 23.0 Å². The van der Waals surface area contributed by atoms with Gasteiger partial charge < -0.3 is 10.4 Å². The van der Waals surface area contributed by atoms with Gasteiger partial charge in [0.1, 0.15) is 0 Å². The maximum Gasteiger partial charge on any atom is 0.416 e. The summed E-state index contributed by atoms with van der Waals surface area (Å²) in [4.78, 5) is 11.4. The lowest BCUT2D eigenvalue weighted by atomic mass is 10.2. The van der Waals surface area contributed by atoms with Crippen LogP contribution in [0.1, 0.15) is 17.0 Å². The zero-order chi connectivity index (χ0) is 15.5. The Kier molecular flexibility index (Phi) is 4.93. The van der Waals surface area contributed by atoms with Crippen LogP contribution in [0.25, 0.3) is 6.08 Å². The van der Waals surface area contributed by atoms with Gasteiger partial charge in [-0.1, -0.05) is 0 Å². The van der Waals surface area contributed by atoms with E-state index in [-0.39, 0.29) is 0 Å². The molecule has 0 aliphatic carbocycles. The van der Waals surface area contributed by atoms with Crippen LogP contribution in [-0.2, 0) is 11.8 Å². The number of aryl methyl sites for hydroxylation is 2. The van der Waals surface area contributed by atoms with Crippen LogP contribution in [0.5, 0.6) is 0 Å². The van der Waals surface area contributed by atoms with Crippen LogP contribution in [0.15, 0.2) is 6.08 Å². The molecule has 0 bridgehead atoms. The lowest BCUT2D eigenvalue weighted by Crippen LogP contribution is -2.40. The third-order valence-electron chi connectivity index (χ3n) is 2.81. The SMILES string of the molecule is Cc1nn(C)c(C)c1/C=C/C(=O)NCC(O)C(F)(F)F. The van der Waals surface area contributed by atoms with Crippen molar-refractivity contribution >= 4 is 12.0 Å². The van der Waals surface area contributed by atoms with E-state index in [1.54, 1.807) is 18.7 Å². The fourth-order valence-electron chi connectivity index (χ4n) is 1.56. The minimum atomic E-state index is -4.74. The number of carbonyl (C=O) groups excluding carboxylic acids is 1. The zero-order valence-corrected chi connectivity index (χ0v) is 11.3. The van der Waals surface area contributed by atoms with E-state index in [1.165, 1.54) is 6.08 Å². The first-order chi connectivity index (χ1) is 9.12. The van der Waals surface area contributed by atoms with Gasteiger partial charge in [-0.25, -0.2) is 0 Å². The van der Waals surface area contributed by atoms with Crippen molar-refractivity contribution in [3.8, 4) is 0 Å². The van der Waals surface area contributed by atoms with E-state index >= 15 is 0 Å². The molecule has 1 unspecified atom stereocenters. The number of aromatic nitrogens is 2. The Morgan fingerprint density at radius 1 is 1.50 bits per heavy atom. The molecule has 0 aliphatic rings. The molecule has 20 heavy (non-hydrogen) atoms. The Morgan fingerprint density at radius 3 is 2.55 bits per heavy atom. The van der Waals surface area contributed by atoms with Crippen molar-refractivity contribution in [1.29, 1.82) is 0 Å². The summed E-state index contributed by atoms with van der Waals surface area (Å²) < 4.78 is 37.7. The van der Waals surface area contributed by atoms with Gasteiger partial charge in [0.15, 0.2) is 6.10 Å². The zero-order valence-electron chi connectivity index (χ0n) is 11.3. The van der Waals surface area contributed by atoms with Crippen molar-refractivity contribution in [2.75, 3.05) is 6.54 Å². The van der Waals surface area contributed by atoms with Gasteiger partial charge in [-0.3, -0.25) is 9.48 Å². The Morgan fingerprint density at radius 2 is 2.10 bits per heavy atom. The van der Waals surface area contributed by atoms with Crippen molar-refractivity contribution in [1.82, 2.24) is 15.1 Å². The highest BCUT2D eigenvalue weighted by molar-refractivity contribution is 5.92. The normalized spacial score (nSPS) is 13.8. The topological polar surface area (TPSA) is 67.2 Å². The Hall–Kier alpha value is -1.83. The summed E-state index contributed by atoms with van der Waals surface area (Å²) in [7, 11) is 1.75. The Balaban J connectivity index is 2.61. The number of amides is 1. The summed E-state index contributed by atoms with van der Waals surface area (Å²) in [5, 5.41) is 14.9. The number of halogens is 3. The predicted molar refractivity (Wildman–Crippen MR) is 66.8 cm³/mol. The second kappa shape index (κ2) is 6.08. The number of carbonyl (C=O) groups is 1. The van der Waals surface area contributed by atoms with Crippen LogP contribution >= 0.6 is 0 Å². The van der Waals surface area contributed by atoms with E-state index in [0.717, 1.165) is 17.3 Å². The maximum atomic E-state index is 12.0. The standard InChI is InChI=1S/C12H16F3N3O2/c1-7-9(8(2)18(3)17-7)4-5-11(20)16-6-10(19)12(13,14)15/h4-5,10,19H,6H2,1-3H3,(H,16,20)/b5-4+. The second-order valence-electron chi connectivity index (χ2n) is 4.34. The van der Waals surface area contributed by atoms with Crippen LogP contribution in [0.3, 0.4) is 0 Å². The first kappa shape index (κ1) is 16.2. The summed E-state index contributed by atoms with van der Waals surface area (Å²) in [6.45, 7) is 2.70. The van der Waals surface area contributed by atoms with E-state index in [1.807, 2.05) is 12.2 Å². The molecule has 1 heterocycles. The van der Waals surface area contributed by atoms with Crippen molar-refractivity contribution in [3.63, 3.8) is 0 Å². The number of alkyl halides is 3. The van der Waals surface area contributed by atoms with Crippen molar-refractivity contribution < 1.29 is 23.1 Å². The number of aliphatic hydroxyl groups is 1. The largest absolute Gasteiger partial charge is 0.416 e. The van der Waals surface area contributed by atoms with Gasteiger partial charge in [0.25, 0.3) is 0 Å². The first-order valence-electron chi connectivity index (χ1n) is 5.83. The van der Waals surface area contributed by atoms with Crippen LogP contribution < -0.4 is 5.32 Å². The minimum Gasteiger partial charge on any atom is -0.382 e. The Bertz CT molecular complexity index is 521. The molecule has 0 saturated carbocycles. The van der Waals surface area contributed by atoms with Crippen LogP contribution in [0.2, 0.25) is 0 Å². The quantitative estimate of drug-likeness (QED) is 0.816. The number of hydrogen-bond acceptors (Lipinski definition) is 3. The first-order valence-corrected chi connectivity index (χ1v) is 5.83. The van der Waals surface area contributed by atoms with Gasteiger partial charge in [-0.05, 0) is 19.9 Å².